The molecule has 1 N–H and O–H groups in total. The molecule has 13 heteroatoms. The summed E-state index contributed by atoms with van der Waals surface area (Å²) in [6, 6.07) is 0.411. The van der Waals surface area contributed by atoms with Crippen LogP contribution in [0.2, 0.25) is 0 Å². The summed E-state index contributed by atoms with van der Waals surface area (Å²) < 4.78 is 59.7. The second-order valence-corrected chi connectivity index (χ2v) is 8.93. The molecular formula is C22H21F4N7O2. The summed E-state index contributed by atoms with van der Waals surface area (Å²) in [4.78, 5) is 26.0. The van der Waals surface area contributed by atoms with Crippen LogP contribution in [0.5, 0.6) is 0 Å². The number of likely N-dealkylation sites (tertiary alicyclic amines) is 1. The molecule has 0 radical (unpaired) electrons. The molecule has 0 aromatic carbocycles. The monoisotopic (exact) mass is 491 g/mol. The lowest BCUT2D eigenvalue weighted by atomic mass is 9.64. The topological polar surface area (TPSA) is 110 Å². The van der Waals surface area contributed by atoms with E-state index in [4.69, 9.17) is 4.42 Å². The van der Waals surface area contributed by atoms with Gasteiger partial charge in [-0.05, 0) is 24.8 Å². The molecule has 9 nitrogen and oxygen atoms in total. The van der Waals surface area contributed by atoms with Crippen LogP contribution in [-0.2, 0) is 18.1 Å². The van der Waals surface area contributed by atoms with Gasteiger partial charge in [0, 0.05) is 30.6 Å². The van der Waals surface area contributed by atoms with Crippen LogP contribution in [-0.4, -0.2) is 42.1 Å². The Labute approximate surface area is 197 Å². The zero-order valence-corrected chi connectivity index (χ0v) is 18.8. The Bertz CT molecular complexity index is 1260. The van der Waals surface area contributed by atoms with Crippen molar-refractivity contribution in [1.82, 2.24) is 30.0 Å². The van der Waals surface area contributed by atoms with Gasteiger partial charge in [-0.1, -0.05) is 13.8 Å². The molecule has 3 atom stereocenters. The molecule has 2 bridgehead atoms. The number of aromatic nitrogens is 5. The number of hydrogen-bond acceptors (Lipinski definition) is 7. The zero-order valence-electron chi connectivity index (χ0n) is 18.8. The molecule has 2 fully saturated rings. The third-order valence-corrected chi connectivity index (χ3v) is 6.45. The summed E-state index contributed by atoms with van der Waals surface area (Å²) >= 11 is 0. The van der Waals surface area contributed by atoms with E-state index in [0.717, 1.165) is 24.9 Å². The van der Waals surface area contributed by atoms with Gasteiger partial charge >= 0.3 is 12.2 Å². The predicted octanol–water partition coefficient (Wildman–Crippen LogP) is 4.57. The van der Waals surface area contributed by atoms with Crippen molar-refractivity contribution in [1.29, 1.82) is 0 Å². The molecule has 1 aliphatic heterocycles. The molecule has 3 aromatic rings. The largest absolute Gasteiger partial charge is 0.423 e. The van der Waals surface area contributed by atoms with Crippen LogP contribution < -0.4 is 5.32 Å². The average Bonchev–Trinajstić information content (AvgIpc) is 3.28. The second-order valence-electron chi connectivity index (χ2n) is 8.93. The SMILES string of the molecule is CCc1nnc(C23C[C@@H](C)C[C@H](C2)N3C(=O)Nc2cc(-c3ncc(F)cn3)c(C(F)(F)F)cn2)o1. The molecule has 3 aromatic heterocycles. The Hall–Kier alpha value is -3.64. The van der Waals surface area contributed by atoms with E-state index >= 15 is 0 Å². The fourth-order valence-electron chi connectivity index (χ4n) is 5.09. The van der Waals surface area contributed by atoms with Crippen LogP contribution >= 0.6 is 0 Å². The number of amides is 2. The van der Waals surface area contributed by atoms with Gasteiger partial charge < -0.3 is 9.32 Å². The molecule has 184 valence electrons. The normalized spacial score (nSPS) is 23.7. The van der Waals surface area contributed by atoms with Crippen molar-refractivity contribution in [2.24, 2.45) is 5.92 Å². The van der Waals surface area contributed by atoms with E-state index in [0.29, 0.717) is 43.2 Å². The van der Waals surface area contributed by atoms with E-state index < -0.39 is 34.7 Å². The summed E-state index contributed by atoms with van der Waals surface area (Å²) in [6.45, 7) is 3.96. The number of halogens is 4. The quantitative estimate of drug-likeness (QED) is 0.532. The summed E-state index contributed by atoms with van der Waals surface area (Å²) in [5, 5.41) is 10.8. The Morgan fingerprint density at radius 1 is 1.20 bits per heavy atom. The van der Waals surface area contributed by atoms with E-state index in [-0.39, 0.29) is 17.7 Å². The maximum absolute atomic E-state index is 13.6. The van der Waals surface area contributed by atoms with Crippen molar-refractivity contribution < 1.29 is 26.8 Å². The number of fused-ring (bicyclic) bond motifs is 2. The van der Waals surface area contributed by atoms with Crippen molar-refractivity contribution in [2.45, 2.75) is 57.3 Å². The lowest BCUT2D eigenvalue weighted by Crippen LogP contribution is -2.70. The number of anilines is 1. The van der Waals surface area contributed by atoms with Gasteiger partial charge in [0.2, 0.25) is 11.8 Å². The molecule has 2 aliphatic rings. The average molecular weight is 491 g/mol. The lowest BCUT2D eigenvalue weighted by Gasteiger charge is -2.61. The number of carbonyl (C=O) groups is 1. The van der Waals surface area contributed by atoms with Crippen molar-refractivity contribution in [3.8, 4) is 11.4 Å². The van der Waals surface area contributed by atoms with E-state index in [1.54, 1.807) is 4.90 Å². The highest BCUT2D eigenvalue weighted by Crippen LogP contribution is 2.55. The molecule has 35 heavy (non-hydrogen) atoms. The predicted molar refractivity (Wildman–Crippen MR) is 113 cm³/mol. The van der Waals surface area contributed by atoms with Gasteiger partial charge in [-0.2, -0.15) is 13.2 Å². The van der Waals surface area contributed by atoms with Crippen molar-refractivity contribution in [2.75, 3.05) is 5.32 Å². The molecule has 0 spiro atoms. The molecule has 1 aliphatic carbocycles. The summed E-state index contributed by atoms with van der Waals surface area (Å²) in [5.41, 5.74) is -2.31. The molecule has 1 saturated heterocycles. The van der Waals surface area contributed by atoms with Gasteiger partial charge in [0.05, 0.1) is 18.0 Å². The van der Waals surface area contributed by atoms with Gasteiger partial charge in [0.15, 0.2) is 11.6 Å². The molecule has 1 unspecified atom stereocenters. The number of pyridine rings is 1. The molecule has 4 heterocycles. The zero-order chi connectivity index (χ0) is 25.0. The van der Waals surface area contributed by atoms with Crippen LogP contribution in [0.25, 0.3) is 11.4 Å². The Morgan fingerprint density at radius 3 is 2.60 bits per heavy atom. The Kier molecular flexibility index (Phi) is 5.44. The molecule has 5 rings (SSSR count). The third kappa shape index (κ3) is 3.98. The number of nitrogens with one attached hydrogen (secondary N) is 1. The van der Waals surface area contributed by atoms with Gasteiger partial charge in [0.25, 0.3) is 0 Å². The molecular weight excluding hydrogens is 470 g/mol. The van der Waals surface area contributed by atoms with Crippen LogP contribution in [0.1, 0.15) is 50.5 Å². The standard InChI is InChI=1S/C22H21F4N7O2/c1-3-17-31-32-19(35-17)21-6-11(2)4-13(7-21)33(21)20(34)30-16-5-14(15(10-27-16)22(24,25)26)18-28-8-12(23)9-29-18/h5,8-11,13H,3-4,6-7H2,1-2H3,(H,27,30,34)/t11-,13+,21?/m0/s1. The summed E-state index contributed by atoms with van der Waals surface area (Å²) in [7, 11) is 0. The molecule has 1 saturated carbocycles. The highest BCUT2D eigenvalue weighted by atomic mass is 19.4. The van der Waals surface area contributed by atoms with Gasteiger partial charge in [-0.15, -0.1) is 10.2 Å². The van der Waals surface area contributed by atoms with Crippen molar-refractivity contribution in [3.63, 3.8) is 0 Å². The summed E-state index contributed by atoms with van der Waals surface area (Å²) in [6.07, 6.45) is -0.0194. The van der Waals surface area contributed by atoms with Gasteiger partial charge in [0.1, 0.15) is 11.4 Å². The maximum atomic E-state index is 13.6. The van der Waals surface area contributed by atoms with E-state index in [2.05, 4.69) is 37.4 Å². The fraction of sp³-hybridized carbons (Fsp3) is 0.455. The number of aryl methyl sites for hydroxylation is 1. The first-order chi connectivity index (χ1) is 16.6. The first-order valence-electron chi connectivity index (χ1n) is 11.1. The lowest BCUT2D eigenvalue weighted by molar-refractivity contribution is -0.137. The highest BCUT2D eigenvalue weighted by Gasteiger charge is 2.62. The third-order valence-electron chi connectivity index (χ3n) is 6.45. The van der Waals surface area contributed by atoms with E-state index in [1.165, 1.54) is 0 Å². The van der Waals surface area contributed by atoms with Crippen molar-refractivity contribution >= 4 is 11.8 Å². The van der Waals surface area contributed by atoms with Crippen LogP contribution in [0.15, 0.2) is 29.1 Å². The Morgan fingerprint density at radius 2 is 1.94 bits per heavy atom. The smallest absolute Gasteiger partial charge is 0.418 e. The number of hydrogen-bond donors (Lipinski definition) is 1. The van der Waals surface area contributed by atoms with E-state index in [9.17, 15) is 22.4 Å². The van der Waals surface area contributed by atoms with Crippen LogP contribution in [0.3, 0.4) is 0 Å². The number of rotatable bonds is 4. The number of carbonyl (C=O) groups excluding carboxylic acids is 1. The minimum atomic E-state index is -4.76. The Balaban J connectivity index is 1.46. The van der Waals surface area contributed by atoms with Crippen LogP contribution in [0, 0.1) is 11.7 Å². The first-order valence-corrected chi connectivity index (χ1v) is 11.1. The van der Waals surface area contributed by atoms with Gasteiger partial charge in [-0.3, -0.25) is 5.32 Å². The number of piperidine rings is 1. The number of alkyl halides is 3. The highest BCUT2D eigenvalue weighted by molar-refractivity contribution is 5.90. The van der Waals surface area contributed by atoms with Crippen LogP contribution in [0.4, 0.5) is 28.2 Å². The minimum absolute atomic E-state index is 0.0786. The summed E-state index contributed by atoms with van der Waals surface area (Å²) in [5.74, 6) is -0.125. The first kappa shape index (κ1) is 23.1. The van der Waals surface area contributed by atoms with Gasteiger partial charge in [-0.25, -0.2) is 24.1 Å². The molecule has 2 amide bonds. The second kappa shape index (κ2) is 8.24. The van der Waals surface area contributed by atoms with Crippen molar-refractivity contribution in [3.05, 3.63) is 47.8 Å². The minimum Gasteiger partial charge on any atom is -0.423 e. The number of urea groups is 1. The maximum Gasteiger partial charge on any atom is 0.418 e. The number of nitrogens with zero attached hydrogens (tertiary/aromatic N) is 6. The fourth-order valence-corrected chi connectivity index (χ4v) is 5.09. The van der Waals surface area contributed by atoms with E-state index in [1.807, 2.05) is 6.92 Å².